The van der Waals surface area contributed by atoms with Gasteiger partial charge in [0.25, 0.3) is 0 Å². The number of aromatic amines is 1. The van der Waals surface area contributed by atoms with Gasteiger partial charge in [0.05, 0.1) is 33.9 Å². The number of imidazole rings is 1. The Morgan fingerprint density at radius 3 is 2.66 bits per heavy atom. The lowest BCUT2D eigenvalue weighted by atomic mass is 9.97. The van der Waals surface area contributed by atoms with Gasteiger partial charge in [-0.15, -0.1) is 5.10 Å². The molecule has 4 bridgehead atoms. The number of nitrogens with one attached hydrogen (secondary N) is 1. The van der Waals surface area contributed by atoms with Gasteiger partial charge in [-0.2, -0.15) is 4.39 Å². The minimum atomic E-state index is -0.607. The number of aryl methyl sites for hydroxylation is 3. The molecule has 0 spiro atoms. The van der Waals surface area contributed by atoms with E-state index in [1.54, 1.807) is 35.6 Å². The van der Waals surface area contributed by atoms with E-state index in [1.165, 1.54) is 4.68 Å². The summed E-state index contributed by atoms with van der Waals surface area (Å²) < 4.78 is 25.6. The van der Waals surface area contributed by atoms with Crippen LogP contribution < -0.4 is 11.4 Å². The van der Waals surface area contributed by atoms with Gasteiger partial charge in [-0.25, -0.2) is 9.78 Å². The second kappa shape index (κ2) is 8.12. The van der Waals surface area contributed by atoms with Crippen molar-refractivity contribution in [3.05, 3.63) is 58.7 Å². The average Bonchev–Trinajstić information content (AvgIpc) is 3.61. The SMILES string of the molecule is Cn1cc(-c2[nH]c3ncc4c5c3c2-c2ccc(cc2)CCC(=O)O[C@@H]2C[C@H](C[C@@H]2N)n5c(=O)n4C)c(F)n1. The van der Waals surface area contributed by atoms with Crippen LogP contribution in [0.25, 0.3) is 44.5 Å². The smallest absolute Gasteiger partial charge is 0.329 e. The molecule has 1 aromatic carbocycles. The molecule has 1 saturated carbocycles. The quantitative estimate of drug-likeness (QED) is 0.331. The number of esters is 1. The Labute approximate surface area is 215 Å². The summed E-state index contributed by atoms with van der Waals surface area (Å²) in [7, 11) is 3.38. The van der Waals surface area contributed by atoms with Crippen LogP contribution in [-0.4, -0.2) is 47.0 Å². The minimum absolute atomic E-state index is 0.209. The van der Waals surface area contributed by atoms with Crippen molar-refractivity contribution in [2.75, 3.05) is 0 Å². The van der Waals surface area contributed by atoms with Gasteiger partial charge in [-0.05, 0) is 24.0 Å². The van der Waals surface area contributed by atoms with Crippen molar-refractivity contribution in [2.45, 2.75) is 43.9 Å². The fourth-order valence-corrected chi connectivity index (χ4v) is 6.10. The van der Waals surface area contributed by atoms with Crippen LogP contribution >= 0.6 is 0 Å². The molecule has 8 rings (SSSR count). The Hall–Kier alpha value is -4.25. The number of nitrogens with two attached hydrogens (primary N) is 1. The van der Waals surface area contributed by atoms with Crippen LogP contribution in [0.4, 0.5) is 4.39 Å². The van der Waals surface area contributed by atoms with E-state index in [2.05, 4.69) is 15.1 Å². The molecule has 4 aromatic heterocycles. The Kier molecular flexibility index (Phi) is 4.90. The number of H-pyrrole nitrogens is 1. The van der Waals surface area contributed by atoms with Crippen molar-refractivity contribution < 1.29 is 13.9 Å². The second-order valence-electron chi connectivity index (χ2n) is 10.3. The maximum atomic E-state index is 15.0. The van der Waals surface area contributed by atoms with Gasteiger partial charge in [0.2, 0.25) is 5.95 Å². The first-order valence-corrected chi connectivity index (χ1v) is 12.7. The molecule has 3 atom stereocenters. The molecule has 0 unspecified atom stereocenters. The molecule has 1 fully saturated rings. The zero-order chi connectivity index (χ0) is 26.3. The zero-order valence-electron chi connectivity index (χ0n) is 20.9. The van der Waals surface area contributed by atoms with Gasteiger partial charge < -0.3 is 15.5 Å². The van der Waals surface area contributed by atoms with Crippen molar-refractivity contribution in [2.24, 2.45) is 19.8 Å². The number of rotatable bonds is 1. The van der Waals surface area contributed by atoms with Gasteiger partial charge in [-0.1, -0.05) is 24.3 Å². The lowest BCUT2D eigenvalue weighted by Crippen LogP contribution is -2.33. The van der Waals surface area contributed by atoms with E-state index in [1.807, 2.05) is 24.3 Å². The Balaban J connectivity index is 1.61. The fraction of sp³-hybridized carbons (Fsp3) is 0.333. The van der Waals surface area contributed by atoms with E-state index >= 15 is 4.39 Å². The number of carbonyl (C=O) groups excluding carboxylic acids is 1. The molecule has 3 N–H and O–H groups in total. The third-order valence-electron chi connectivity index (χ3n) is 7.96. The molecular weight excluding hydrogens is 489 g/mol. The predicted molar refractivity (Wildman–Crippen MR) is 139 cm³/mol. The molecule has 1 aliphatic carbocycles. The first kappa shape index (κ1) is 22.9. The monoisotopic (exact) mass is 515 g/mol. The molecule has 10 nitrogen and oxygen atoms in total. The highest BCUT2D eigenvalue weighted by molar-refractivity contribution is 6.14. The lowest BCUT2D eigenvalue weighted by Gasteiger charge is -2.16. The first-order chi connectivity index (χ1) is 18.3. The fourth-order valence-electron chi connectivity index (χ4n) is 6.10. The molecule has 6 heterocycles. The first-order valence-electron chi connectivity index (χ1n) is 12.7. The van der Waals surface area contributed by atoms with Gasteiger partial charge in [0.15, 0.2) is 0 Å². The maximum absolute atomic E-state index is 15.0. The highest BCUT2D eigenvalue weighted by Gasteiger charge is 2.38. The molecule has 2 aliphatic heterocycles. The van der Waals surface area contributed by atoms with Crippen LogP contribution in [-0.2, 0) is 30.0 Å². The van der Waals surface area contributed by atoms with Crippen molar-refractivity contribution in [1.82, 2.24) is 28.9 Å². The normalized spacial score (nSPS) is 21.4. The van der Waals surface area contributed by atoms with Crippen LogP contribution in [0.3, 0.4) is 0 Å². The number of hydrogen-bond acceptors (Lipinski definition) is 6. The molecule has 38 heavy (non-hydrogen) atoms. The van der Waals surface area contributed by atoms with Crippen molar-refractivity contribution in [3.63, 3.8) is 0 Å². The summed E-state index contributed by atoms with van der Waals surface area (Å²) in [6.45, 7) is 0. The number of carbonyl (C=O) groups is 1. The summed E-state index contributed by atoms with van der Waals surface area (Å²) in [5.74, 6) is -0.910. The minimum Gasteiger partial charge on any atom is -0.461 e. The lowest BCUT2D eigenvalue weighted by molar-refractivity contribution is -0.149. The third kappa shape index (κ3) is 3.27. The van der Waals surface area contributed by atoms with Crippen LogP contribution in [0, 0.1) is 5.95 Å². The molecule has 5 aromatic rings. The van der Waals surface area contributed by atoms with Gasteiger partial charge in [0.1, 0.15) is 11.8 Å². The number of fused-ring (bicyclic) bond motifs is 5. The number of halogens is 1. The van der Waals surface area contributed by atoms with Gasteiger partial charge in [-0.3, -0.25) is 18.6 Å². The Morgan fingerprint density at radius 2 is 1.92 bits per heavy atom. The topological polar surface area (TPSA) is 126 Å². The Morgan fingerprint density at radius 1 is 1.13 bits per heavy atom. The van der Waals surface area contributed by atoms with Gasteiger partial charge >= 0.3 is 11.7 Å². The molecule has 11 heteroatoms. The predicted octanol–water partition coefficient (Wildman–Crippen LogP) is 2.94. The largest absolute Gasteiger partial charge is 0.461 e. The molecule has 0 amide bonds. The van der Waals surface area contributed by atoms with E-state index in [0.29, 0.717) is 47.2 Å². The summed E-state index contributed by atoms with van der Waals surface area (Å²) in [4.78, 5) is 34.3. The number of aromatic nitrogens is 6. The molecule has 3 aliphatic rings. The van der Waals surface area contributed by atoms with Crippen molar-refractivity contribution in [1.29, 1.82) is 0 Å². The summed E-state index contributed by atoms with van der Waals surface area (Å²) in [6, 6.07) is 7.14. The number of ether oxygens (including phenoxy) is 1. The van der Waals surface area contributed by atoms with Crippen molar-refractivity contribution in [3.8, 4) is 22.4 Å². The maximum Gasteiger partial charge on any atom is 0.329 e. The van der Waals surface area contributed by atoms with E-state index in [9.17, 15) is 9.59 Å². The van der Waals surface area contributed by atoms with E-state index in [4.69, 9.17) is 10.5 Å². The number of hydrogen-bond donors (Lipinski definition) is 2. The summed E-state index contributed by atoms with van der Waals surface area (Å²) >= 11 is 0. The summed E-state index contributed by atoms with van der Waals surface area (Å²) in [6.07, 6.45) is 4.47. The van der Waals surface area contributed by atoms with E-state index < -0.39 is 12.1 Å². The number of benzene rings is 1. The molecule has 0 saturated heterocycles. The van der Waals surface area contributed by atoms with Crippen LogP contribution in [0.2, 0.25) is 0 Å². The molecule has 0 radical (unpaired) electrons. The van der Waals surface area contributed by atoms with E-state index in [-0.39, 0.29) is 30.2 Å². The van der Waals surface area contributed by atoms with Crippen molar-refractivity contribution >= 4 is 28.0 Å². The highest BCUT2D eigenvalue weighted by atomic mass is 19.1. The summed E-state index contributed by atoms with van der Waals surface area (Å²) in [5.41, 5.74) is 11.5. The number of nitrogens with zero attached hydrogens (tertiary/aromatic N) is 5. The van der Waals surface area contributed by atoms with E-state index in [0.717, 1.165) is 22.1 Å². The van der Waals surface area contributed by atoms with Crippen LogP contribution in [0.5, 0.6) is 0 Å². The molecular formula is C27H26FN7O3. The molecule has 194 valence electrons. The average molecular weight is 516 g/mol. The second-order valence-corrected chi connectivity index (χ2v) is 10.3. The Bertz CT molecular complexity index is 1810. The van der Waals surface area contributed by atoms with Gasteiger partial charge in [0, 0.05) is 50.8 Å². The summed E-state index contributed by atoms with van der Waals surface area (Å²) in [5, 5.41) is 4.63. The van der Waals surface area contributed by atoms with Crippen LogP contribution in [0.15, 0.2) is 41.5 Å². The van der Waals surface area contributed by atoms with Crippen LogP contribution in [0.1, 0.15) is 30.9 Å². The third-order valence-corrected chi connectivity index (χ3v) is 7.96. The zero-order valence-corrected chi connectivity index (χ0v) is 20.9. The highest BCUT2D eigenvalue weighted by Crippen LogP contribution is 2.43. The standard InChI is InChI=1S/C27H26FN7O3/c1-33-12-16(25(28)32-33)23-21-14-6-3-13(4-7-14)5-8-20(36)38-19-10-15(9-17(19)29)35-24-18(34(2)27(35)37)11-30-26(31-23)22(21)24/h3-4,6-7,11-12,15,17,19H,5,8-10,29H2,1-2H3,(H,30,31)/t15-,17-,19+/m0/s1. The number of pyridine rings is 1.